The van der Waals surface area contributed by atoms with E-state index in [2.05, 4.69) is 20.8 Å². The van der Waals surface area contributed by atoms with Crippen LogP contribution in [0, 0.1) is 0 Å². The molecule has 1 amide bonds. The van der Waals surface area contributed by atoms with Gasteiger partial charge in [0.25, 0.3) is 0 Å². The van der Waals surface area contributed by atoms with Crippen molar-refractivity contribution in [1.82, 2.24) is 20.2 Å². The smallest absolute Gasteiger partial charge is 0.234 e. The molecule has 0 radical (unpaired) electrons. The van der Waals surface area contributed by atoms with Gasteiger partial charge in [0, 0.05) is 5.69 Å². The van der Waals surface area contributed by atoms with Crippen LogP contribution in [0.4, 0.5) is 5.69 Å². The number of thioether (sulfide) groups is 1. The van der Waals surface area contributed by atoms with Crippen LogP contribution >= 0.6 is 11.8 Å². The Morgan fingerprint density at radius 2 is 2.04 bits per heavy atom. The summed E-state index contributed by atoms with van der Waals surface area (Å²) in [5, 5.41) is 15.6. The average molecular weight is 361 g/mol. The minimum Gasteiger partial charge on any atom is -0.494 e. The van der Waals surface area contributed by atoms with Gasteiger partial charge in [-0.2, -0.15) is 0 Å². The lowest BCUT2D eigenvalue weighted by atomic mass is 9.96. The molecule has 0 unspecified atom stereocenters. The Kier molecular flexibility index (Phi) is 6.27. The molecular weight excluding hydrogens is 338 g/mol. The molecule has 2 aromatic rings. The van der Waals surface area contributed by atoms with E-state index in [1.165, 1.54) is 31.0 Å². The summed E-state index contributed by atoms with van der Waals surface area (Å²) >= 11 is 1.38. The average Bonchev–Trinajstić information content (AvgIpc) is 3.11. The summed E-state index contributed by atoms with van der Waals surface area (Å²) in [5.41, 5.74) is 0.751. The summed E-state index contributed by atoms with van der Waals surface area (Å²) in [4.78, 5) is 12.2. The third-order valence-corrected chi connectivity index (χ3v) is 5.10. The summed E-state index contributed by atoms with van der Waals surface area (Å²) < 4.78 is 7.27. The second-order valence-corrected chi connectivity index (χ2v) is 6.93. The molecule has 0 atom stereocenters. The molecule has 1 N–H and O–H groups in total. The van der Waals surface area contributed by atoms with E-state index >= 15 is 0 Å². The van der Waals surface area contributed by atoms with E-state index in [0.717, 1.165) is 24.3 Å². The van der Waals surface area contributed by atoms with Crippen LogP contribution in [0.2, 0.25) is 0 Å². The zero-order chi connectivity index (χ0) is 17.5. The molecule has 3 rings (SSSR count). The molecule has 1 aromatic heterocycles. The van der Waals surface area contributed by atoms with Crippen molar-refractivity contribution < 1.29 is 9.53 Å². The molecule has 1 aromatic carbocycles. The van der Waals surface area contributed by atoms with Gasteiger partial charge in [-0.1, -0.05) is 31.0 Å². The molecule has 0 bridgehead atoms. The molecule has 1 fully saturated rings. The van der Waals surface area contributed by atoms with E-state index in [0.29, 0.717) is 17.8 Å². The molecule has 7 nitrogen and oxygen atoms in total. The number of carbonyl (C=O) groups excluding carboxylic acids is 1. The number of carbonyl (C=O) groups is 1. The van der Waals surface area contributed by atoms with Gasteiger partial charge in [0.05, 0.1) is 18.4 Å². The number of tetrazole rings is 1. The molecule has 8 heteroatoms. The molecule has 0 spiro atoms. The number of ether oxygens (including phenoxy) is 1. The Labute approximate surface area is 151 Å². The molecule has 0 saturated heterocycles. The standard InChI is InChI=1S/C17H23N5O2S/c1-2-24-15-10-8-13(9-11-15)18-16(23)12-25-17-19-20-21-22(17)14-6-4-3-5-7-14/h8-11,14H,2-7,12H2,1H3,(H,18,23). The highest BCUT2D eigenvalue weighted by atomic mass is 32.2. The maximum absolute atomic E-state index is 12.2. The van der Waals surface area contributed by atoms with Gasteiger partial charge in [0.1, 0.15) is 5.75 Å². The fraction of sp³-hybridized carbons (Fsp3) is 0.529. The third kappa shape index (κ3) is 4.94. The lowest BCUT2D eigenvalue weighted by molar-refractivity contribution is -0.113. The van der Waals surface area contributed by atoms with Crippen LogP contribution in [-0.4, -0.2) is 38.5 Å². The molecule has 0 aliphatic heterocycles. The van der Waals surface area contributed by atoms with Crippen molar-refractivity contribution in [1.29, 1.82) is 0 Å². The maximum Gasteiger partial charge on any atom is 0.234 e. The van der Waals surface area contributed by atoms with Crippen LogP contribution < -0.4 is 10.1 Å². The van der Waals surface area contributed by atoms with Crippen molar-refractivity contribution in [2.45, 2.75) is 50.2 Å². The highest BCUT2D eigenvalue weighted by Gasteiger charge is 2.20. The van der Waals surface area contributed by atoms with E-state index in [1.54, 1.807) is 0 Å². The molecule has 1 aliphatic rings. The first-order valence-corrected chi connectivity index (χ1v) is 9.68. The fourth-order valence-electron chi connectivity index (χ4n) is 2.96. The first kappa shape index (κ1) is 17.7. The number of nitrogens with one attached hydrogen (secondary N) is 1. The first-order chi connectivity index (χ1) is 12.3. The third-order valence-electron chi connectivity index (χ3n) is 4.16. The summed E-state index contributed by atoms with van der Waals surface area (Å²) in [6.45, 7) is 2.56. The van der Waals surface area contributed by atoms with Crippen LogP contribution in [-0.2, 0) is 4.79 Å². The number of amides is 1. The van der Waals surface area contributed by atoms with Crippen molar-refractivity contribution in [2.24, 2.45) is 0 Å². The minimum absolute atomic E-state index is 0.0765. The van der Waals surface area contributed by atoms with Crippen molar-refractivity contribution >= 4 is 23.4 Å². The van der Waals surface area contributed by atoms with Crippen LogP contribution in [0.1, 0.15) is 45.1 Å². The van der Waals surface area contributed by atoms with E-state index < -0.39 is 0 Å². The normalized spacial score (nSPS) is 15.1. The Bertz CT molecular complexity index is 683. The molecule has 1 heterocycles. The molecule has 25 heavy (non-hydrogen) atoms. The highest BCUT2D eigenvalue weighted by molar-refractivity contribution is 7.99. The lowest BCUT2D eigenvalue weighted by Crippen LogP contribution is -2.17. The van der Waals surface area contributed by atoms with Gasteiger partial charge in [0.15, 0.2) is 0 Å². The van der Waals surface area contributed by atoms with Gasteiger partial charge < -0.3 is 10.1 Å². The minimum atomic E-state index is -0.0765. The molecular formula is C17H23N5O2S. The van der Waals surface area contributed by atoms with Gasteiger partial charge in [-0.15, -0.1) is 5.10 Å². The summed E-state index contributed by atoms with van der Waals surface area (Å²) in [6.07, 6.45) is 5.93. The quantitative estimate of drug-likeness (QED) is 0.762. The van der Waals surface area contributed by atoms with Gasteiger partial charge in [-0.05, 0) is 54.5 Å². The lowest BCUT2D eigenvalue weighted by Gasteiger charge is -2.21. The monoisotopic (exact) mass is 361 g/mol. The first-order valence-electron chi connectivity index (χ1n) is 8.69. The van der Waals surface area contributed by atoms with Crippen LogP contribution in [0.25, 0.3) is 0 Å². The van der Waals surface area contributed by atoms with Crippen molar-refractivity contribution in [3.05, 3.63) is 24.3 Å². The van der Waals surface area contributed by atoms with Crippen LogP contribution in [0.15, 0.2) is 29.4 Å². The number of hydrogen-bond acceptors (Lipinski definition) is 6. The summed E-state index contributed by atoms with van der Waals surface area (Å²) in [7, 11) is 0. The largest absolute Gasteiger partial charge is 0.494 e. The second kappa shape index (κ2) is 8.84. The van der Waals surface area contributed by atoms with Crippen molar-refractivity contribution in [3.63, 3.8) is 0 Å². The number of benzene rings is 1. The predicted molar refractivity (Wildman–Crippen MR) is 96.9 cm³/mol. The van der Waals surface area contributed by atoms with Crippen molar-refractivity contribution in [3.8, 4) is 5.75 Å². The summed E-state index contributed by atoms with van der Waals surface area (Å²) in [6, 6.07) is 7.71. The Morgan fingerprint density at radius 1 is 1.28 bits per heavy atom. The van der Waals surface area contributed by atoms with Gasteiger partial charge in [0.2, 0.25) is 11.1 Å². The zero-order valence-corrected chi connectivity index (χ0v) is 15.2. The van der Waals surface area contributed by atoms with Crippen molar-refractivity contribution in [2.75, 3.05) is 17.7 Å². The van der Waals surface area contributed by atoms with Crippen LogP contribution in [0.5, 0.6) is 5.75 Å². The number of rotatable bonds is 7. The van der Waals surface area contributed by atoms with Crippen LogP contribution in [0.3, 0.4) is 0 Å². The topological polar surface area (TPSA) is 81.9 Å². The molecule has 1 aliphatic carbocycles. The Morgan fingerprint density at radius 3 is 2.76 bits per heavy atom. The fourth-order valence-corrected chi connectivity index (χ4v) is 3.71. The zero-order valence-electron chi connectivity index (χ0n) is 14.4. The number of hydrogen-bond donors (Lipinski definition) is 1. The van der Waals surface area contributed by atoms with Gasteiger partial charge in [-0.3, -0.25) is 4.79 Å². The summed E-state index contributed by atoms with van der Waals surface area (Å²) in [5.74, 6) is 0.995. The molecule has 1 saturated carbocycles. The van der Waals surface area contributed by atoms with Gasteiger partial charge in [-0.25, -0.2) is 4.68 Å². The molecule has 134 valence electrons. The highest BCUT2D eigenvalue weighted by Crippen LogP contribution is 2.30. The second-order valence-electron chi connectivity index (χ2n) is 5.99. The van der Waals surface area contributed by atoms with E-state index in [-0.39, 0.29) is 11.7 Å². The van der Waals surface area contributed by atoms with Gasteiger partial charge >= 0.3 is 0 Å². The SMILES string of the molecule is CCOc1ccc(NC(=O)CSc2nnnn2C2CCCCC2)cc1. The maximum atomic E-state index is 12.2. The number of aromatic nitrogens is 4. The Balaban J connectivity index is 1.51. The Hall–Kier alpha value is -2.09. The predicted octanol–water partition coefficient (Wildman–Crippen LogP) is 3.31. The van der Waals surface area contributed by atoms with E-state index in [1.807, 2.05) is 35.9 Å². The van der Waals surface area contributed by atoms with E-state index in [9.17, 15) is 4.79 Å². The number of nitrogens with zero attached hydrogens (tertiary/aromatic N) is 4. The number of anilines is 1. The van der Waals surface area contributed by atoms with E-state index in [4.69, 9.17) is 4.74 Å².